The Hall–Kier alpha value is -2.64. The number of nitrogens with one attached hydrogen (secondary N) is 1. The van der Waals surface area contributed by atoms with Gasteiger partial charge in [-0.1, -0.05) is 11.8 Å². The molecule has 1 amide bonds. The van der Waals surface area contributed by atoms with Gasteiger partial charge in [-0.25, -0.2) is 12.7 Å². The van der Waals surface area contributed by atoms with Gasteiger partial charge in [-0.2, -0.15) is 0 Å². The Labute approximate surface area is 172 Å². The number of benzene rings is 1. The van der Waals surface area contributed by atoms with E-state index >= 15 is 0 Å². The van der Waals surface area contributed by atoms with E-state index in [1.807, 2.05) is 0 Å². The highest BCUT2D eigenvalue weighted by Gasteiger charge is 2.23. The maximum atomic E-state index is 12.6. The number of rotatable bonds is 8. The van der Waals surface area contributed by atoms with Crippen LogP contribution in [0.5, 0.6) is 0 Å². The van der Waals surface area contributed by atoms with Gasteiger partial charge in [-0.05, 0) is 31.2 Å². The normalized spacial score (nSPS) is 12.6. The van der Waals surface area contributed by atoms with Gasteiger partial charge in [0.2, 0.25) is 21.9 Å². The molecule has 158 valence electrons. The van der Waals surface area contributed by atoms with Crippen LogP contribution >= 0.6 is 11.8 Å². The number of hydrogen-bond donors (Lipinski definition) is 2. The standard InChI is InChI=1S/C16H22N6O5S2/c1-10(22-15(17)19-20-16(22)28-9-13(23)27-4)14(24)18-11-5-7-12(8-6-11)29(25,26)21(2)3/h5-8,10H,9H2,1-4H3,(H2,17,19)(H,18,24). The summed E-state index contributed by atoms with van der Waals surface area (Å²) >= 11 is 1.04. The Bertz CT molecular complexity index is 988. The molecule has 0 radical (unpaired) electrons. The van der Waals surface area contributed by atoms with E-state index < -0.39 is 27.9 Å². The molecule has 1 heterocycles. The lowest BCUT2D eigenvalue weighted by Crippen LogP contribution is -2.25. The molecule has 0 saturated carbocycles. The van der Waals surface area contributed by atoms with Gasteiger partial charge in [-0.3, -0.25) is 14.2 Å². The van der Waals surface area contributed by atoms with Crippen LogP contribution in [-0.4, -0.2) is 66.3 Å². The Balaban J connectivity index is 2.14. The summed E-state index contributed by atoms with van der Waals surface area (Å²) in [4.78, 5) is 24.1. The highest BCUT2D eigenvalue weighted by Crippen LogP contribution is 2.24. The number of carbonyl (C=O) groups excluding carboxylic acids is 2. The van der Waals surface area contributed by atoms with Crippen LogP contribution in [0.4, 0.5) is 11.6 Å². The molecule has 1 unspecified atom stereocenters. The summed E-state index contributed by atoms with van der Waals surface area (Å²) < 4.78 is 31.3. The van der Waals surface area contributed by atoms with Gasteiger partial charge in [-0.15, -0.1) is 10.2 Å². The summed E-state index contributed by atoms with van der Waals surface area (Å²) in [6.45, 7) is 1.60. The van der Waals surface area contributed by atoms with E-state index in [-0.39, 0.29) is 16.6 Å². The molecule has 0 saturated heterocycles. The summed E-state index contributed by atoms with van der Waals surface area (Å²) in [5.41, 5.74) is 6.23. The minimum absolute atomic E-state index is 0.00914. The third-order valence-corrected chi connectivity index (χ3v) is 6.65. The van der Waals surface area contributed by atoms with Gasteiger partial charge >= 0.3 is 5.97 Å². The van der Waals surface area contributed by atoms with E-state index in [9.17, 15) is 18.0 Å². The molecule has 0 bridgehead atoms. The minimum atomic E-state index is -3.56. The third kappa shape index (κ3) is 5.25. The highest BCUT2D eigenvalue weighted by atomic mass is 32.2. The van der Waals surface area contributed by atoms with E-state index in [1.54, 1.807) is 6.92 Å². The van der Waals surface area contributed by atoms with Gasteiger partial charge in [0.15, 0.2) is 5.16 Å². The number of esters is 1. The number of ether oxygens (including phenoxy) is 1. The van der Waals surface area contributed by atoms with Crippen molar-refractivity contribution in [1.29, 1.82) is 0 Å². The van der Waals surface area contributed by atoms with Crippen molar-refractivity contribution in [3.05, 3.63) is 24.3 Å². The molecule has 0 aliphatic carbocycles. The van der Waals surface area contributed by atoms with Crippen molar-refractivity contribution in [2.45, 2.75) is 23.0 Å². The zero-order chi connectivity index (χ0) is 21.8. The molecule has 0 fully saturated rings. The summed E-state index contributed by atoms with van der Waals surface area (Å²) in [6.07, 6.45) is 0. The number of thioether (sulfide) groups is 1. The van der Waals surface area contributed by atoms with Crippen molar-refractivity contribution in [3.63, 3.8) is 0 Å². The number of amides is 1. The van der Waals surface area contributed by atoms with Crippen LogP contribution in [-0.2, 0) is 24.3 Å². The van der Waals surface area contributed by atoms with Crippen molar-refractivity contribution in [2.24, 2.45) is 0 Å². The van der Waals surface area contributed by atoms with Crippen molar-refractivity contribution in [2.75, 3.05) is 38.0 Å². The molecule has 11 nitrogen and oxygen atoms in total. The second-order valence-corrected chi connectivity index (χ2v) is 9.15. The van der Waals surface area contributed by atoms with Crippen molar-refractivity contribution < 1.29 is 22.7 Å². The van der Waals surface area contributed by atoms with Gasteiger partial charge in [0.1, 0.15) is 6.04 Å². The first kappa shape index (κ1) is 22.6. The number of hydrogen-bond acceptors (Lipinski definition) is 9. The van der Waals surface area contributed by atoms with Crippen LogP contribution in [0.2, 0.25) is 0 Å². The van der Waals surface area contributed by atoms with Gasteiger partial charge in [0.05, 0.1) is 17.8 Å². The average molecular weight is 443 g/mol. The molecule has 2 rings (SSSR count). The Morgan fingerprint density at radius 1 is 1.28 bits per heavy atom. The maximum absolute atomic E-state index is 12.6. The van der Waals surface area contributed by atoms with Crippen LogP contribution < -0.4 is 11.1 Å². The predicted octanol–water partition coefficient (Wildman–Crippen LogP) is 0.575. The smallest absolute Gasteiger partial charge is 0.316 e. The van der Waals surface area contributed by atoms with E-state index in [0.717, 1.165) is 16.1 Å². The van der Waals surface area contributed by atoms with Crippen LogP contribution in [0.3, 0.4) is 0 Å². The third-order valence-electron chi connectivity index (χ3n) is 3.90. The van der Waals surface area contributed by atoms with Crippen LogP contribution in [0.25, 0.3) is 0 Å². The monoisotopic (exact) mass is 442 g/mol. The molecule has 1 atom stereocenters. The minimum Gasteiger partial charge on any atom is -0.468 e. The van der Waals surface area contributed by atoms with E-state index in [4.69, 9.17) is 5.73 Å². The number of nitrogen functional groups attached to an aromatic ring is 1. The topological polar surface area (TPSA) is 150 Å². The SMILES string of the molecule is COC(=O)CSc1nnc(N)n1C(C)C(=O)Nc1ccc(S(=O)(=O)N(C)C)cc1. The summed E-state index contributed by atoms with van der Waals surface area (Å²) in [6, 6.07) is 5.00. The highest BCUT2D eigenvalue weighted by molar-refractivity contribution is 7.99. The fourth-order valence-electron chi connectivity index (χ4n) is 2.22. The number of nitrogens with two attached hydrogens (primary N) is 1. The second kappa shape index (κ2) is 9.24. The number of nitrogens with zero attached hydrogens (tertiary/aromatic N) is 4. The average Bonchev–Trinajstić information content (AvgIpc) is 3.06. The zero-order valence-electron chi connectivity index (χ0n) is 16.3. The van der Waals surface area contributed by atoms with Crippen LogP contribution in [0, 0.1) is 0 Å². The summed E-state index contributed by atoms with van der Waals surface area (Å²) in [7, 11) is 0.586. The molecule has 13 heteroatoms. The lowest BCUT2D eigenvalue weighted by Gasteiger charge is -2.17. The summed E-state index contributed by atoms with van der Waals surface area (Å²) in [5.74, 6) is -0.856. The maximum Gasteiger partial charge on any atom is 0.316 e. The number of anilines is 2. The van der Waals surface area contributed by atoms with Crippen LogP contribution in [0.15, 0.2) is 34.3 Å². The first-order chi connectivity index (χ1) is 13.6. The molecule has 3 N–H and O–H groups in total. The molecule has 0 aliphatic heterocycles. The molecule has 0 spiro atoms. The molecule has 1 aromatic heterocycles. The zero-order valence-corrected chi connectivity index (χ0v) is 18.0. The van der Waals surface area contributed by atoms with Crippen molar-refractivity contribution in [3.8, 4) is 0 Å². The molecule has 1 aromatic carbocycles. The number of carbonyl (C=O) groups is 2. The van der Waals surface area contributed by atoms with Gasteiger partial charge in [0, 0.05) is 19.8 Å². The quantitative estimate of drug-likeness (QED) is 0.442. The van der Waals surface area contributed by atoms with Crippen LogP contribution in [0.1, 0.15) is 13.0 Å². The van der Waals surface area contributed by atoms with E-state index in [2.05, 4.69) is 20.3 Å². The molecule has 29 heavy (non-hydrogen) atoms. The molecular weight excluding hydrogens is 420 g/mol. The first-order valence-corrected chi connectivity index (χ1v) is 10.7. The lowest BCUT2D eigenvalue weighted by atomic mass is 10.2. The van der Waals surface area contributed by atoms with Gasteiger partial charge < -0.3 is 15.8 Å². The molecular formula is C16H22N6O5S2. The Morgan fingerprint density at radius 2 is 1.90 bits per heavy atom. The van der Waals surface area contributed by atoms with Gasteiger partial charge in [0.25, 0.3) is 0 Å². The largest absolute Gasteiger partial charge is 0.468 e. The molecule has 0 aliphatic rings. The Kier molecular flexibility index (Phi) is 7.21. The van der Waals surface area contributed by atoms with E-state index in [0.29, 0.717) is 10.8 Å². The number of aromatic nitrogens is 3. The summed E-state index contributed by atoms with van der Waals surface area (Å²) in [5, 5.41) is 10.6. The lowest BCUT2D eigenvalue weighted by molar-refractivity contribution is -0.137. The predicted molar refractivity (Wildman–Crippen MR) is 108 cm³/mol. The fourth-order valence-corrected chi connectivity index (χ4v) is 3.97. The Morgan fingerprint density at radius 3 is 2.45 bits per heavy atom. The first-order valence-electron chi connectivity index (χ1n) is 8.31. The van der Waals surface area contributed by atoms with Crippen molar-refractivity contribution in [1.82, 2.24) is 19.1 Å². The molecule has 2 aromatic rings. The van der Waals surface area contributed by atoms with Crippen molar-refractivity contribution >= 4 is 45.3 Å². The number of methoxy groups -OCH3 is 1. The van der Waals surface area contributed by atoms with E-state index in [1.165, 1.54) is 50.0 Å². The second-order valence-electron chi connectivity index (χ2n) is 6.05. The number of sulfonamides is 1. The fraction of sp³-hybridized carbons (Fsp3) is 0.375.